The molecule has 0 fully saturated rings. The van der Waals surface area contributed by atoms with Gasteiger partial charge in [0.15, 0.2) is 0 Å². The van der Waals surface area contributed by atoms with Crippen LogP contribution in [0.25, 0.3) is 5.69 Å². The maximum absolute atomic E-state index is 13.0. The molecule has 3 aromatic rings. The number of anilines is 2. The Hall–Kier alpha value is -4.15. The van der Waals surface area contributed by atoms with Crippen molar-refractivity contribution in [2.75, 3.05) is 30.4 Å². The van der Waals surface area contributed by atoms with Crippen LogP contribution >= 0.6 is 0 Å². The average molecular weight is 424 g/mol. The first kappa shape index (κ1) is 20.1. The van der Waals surface area contributed by atoms with Gasteiger partial charge in [-0.15, -0.1) is 0 Å². The lowest BCUT2D eigenvalue weighted by Crippen LogP contribution is -2.32. The van der Waals surface area contributed by atoms with Crippen LogP contribution < -0.4 is 21.1 Å². The summed E-state index contributed by atoms with van der Waals surface area (Å²) >= 11 is 0. The van der Waals surface area contributed by atoms with Crippen LogP contribution in [0.3, 0.4) is 0 Å². The molecule has 1 aliphatic heterocycles. The van der Waals surface area contributed by atoms with Crippen molar-refractivity contribution in [2.45, 2.75) is 13.5 Å². The Kier molecular flexibility index (Phi) is 5.39. The van der Waals surface area contributed by atoms with Gasteiger partial charge in [0, 0.05) is 18.1 Å². The van der Waals surface area contributed by atoms with Crippen molar-refractivity contribution in [3.63, 3.8) is 0 Å². The van der Waals surface area contributed by atoms with Gasteiger partial charge < -0.3 is 20.1 Å². The summed E-state index contributed by atoms with van der Waals surface area (Å²) in [6.07, 6.45) is 4.33. The number of fused-ring (bicyclic) bond motifs is 1. The highest BCUT2D eigenvalue weighted by Crippen LogP contribution is 2.27. The van der Waals surface area contributed by atoms with Crippen molar-refractivity contribution in [1.29, 1.82) is 0 Å². The fraction of sp³-hybridized carbons (Fsp3) is 0.250. The number of ether oxygens (including phenoxy) is 2. The lowest BCUT2D eigenvalue weighted by Gasteiger charge is -2.20. The van der Waals surface area contributed by atoms with Gasteiger partial charge in [0.25, 0.3) is 5.91 Å². The van der Waals surface area contributed by atoms with Gasteiger partial charge in [0.2, 0.25) is 5.88 Å². The quantitative estimate of drug-likeness (QED) is 0.589. The number of esters is 1. The number of nitrogen functional groups attached to an aromatic ring is 1. The number of rotatable bonds is 5. The molecule has 2 aromatic heterocycles. The van der Waals surface area contributed by atoms with Crippen molar-refractivity contribution in [3.8, 4) is 11.6 Å². The van der Waals surface area contributed by atoms with Crippen LogP contribution in [0.1, 0.15) is 17.3 Å². The van der Waals surface area contributed by atoms with E-state index in [1.807, 2.05) is 0 Å². The summed E-state index contributed by atoms with van der Waals surface area (Å²) in [6, 6.07) is 6.84. The molecular weight excluding hydrogens is 404 g/mol. The van der Waals surface area contributed by atoms with Crippen molar-refractivity contribution >= 4 is 23.4 Å². The number of carbonyl (C=O) groups excluding carboxylic acids is 2. The molecule has 11 nitrogen and oxygen atoms in total. The number of amides is 1. The predicted molar refractivity (Wildman–Crippen MR) is 110 cm³/mol. The summed E-state index contributed by atoms with van der Waals surface area (Å²) in [7, 11) is 0. The number of hydrogen-bond acceptors (Lipinski definition) is 8. The normalized spacial score (nSPS) is 13.3. The Morgan fingerprint density at radius 2 is 1.90 bits per heavy atom. The van der Waals surface area contributed by atoms with Crippen molar-refractivity contribution in [2.24, 2.45) is 0 Å². The molecule has 0 radical (unpaired) electrons. The molecule has 2 N–H and O–H groups in total. The highest BCUT2D eigenvalue weighted by atomic mass is 16.5. The average Bonchev–Trinajstić information content (AvgIpc) is 3.01. The Morgan fingerprint density at radius 1 is 1.16 bits per heavy atom. The number of carbonyl (C=O) groups is 2. The number of benzene rings is 1. The van der Waals surface area contributed by atoms with Gasteiger partial charge in [-0.25, -0.2) is 14.8 Å². The maximum atomic E-state index is 13.0. The zero-order valence-electron chi connectivity index (χ0n) is 16.7. The Bertz CT molecular complexity index is 1180. The Labute approximate surface area is 176 Å². The fourth-order valence-corrected chi connectivity index (χ4v) is 3.28. The first-order valence-electron chi connectivity index (χ1n) is 9.58. The Balaban J connectivity index is 1.59. The molecule has 0 unspecified atom stereocenters. The molecular formula is C20H20N6O5. The smallest absolute Gasteiger partial charge is 0.333 e. The van der Waals surface area contributed by atoms with Gasteiger partial charge in [-0.2, -0.15) is 0 Å². The van der Waals surface area contributed by atoms with Crippen LogP contribution in [0.5, 0.6) is 5.88 Å². The maximum Gasteiger partial charge on any atom is 0.333 e. The molecule has 0 saturated carbocycles. The van der Waals surface area contributed by atoms with Crippen LogP contribution in [-0.2, 0) is 16.1 Å². The highest BCUT2D eigenvalue weighted by molar-refractivity contribution is 6.10. The molecule has 0 saturated heterocycles. The zero-order chi connectivity index (χ0) is 22.0. The van der Waals surface area contributed by atoms with Crippen LogP contribution in [-0.4, -0.2) is 50.7 Å². The van der Waals surface area contributed by atoms with E-state index >= 15 is 0 Å². The first-order valence-corrected chi connectivity index (χ1v) is 9.58. The van der Waals surface area contributed by atoms with Gasteiger partial charge in [0.05, 0.1) is 18.8 Å². The van der Waals surface area contributed by atoms with E-state index < -0.39 is 5.97 Å². The second-order valence-electron chi connectivity index (χ2n) is 6.64. The first-order chi connectivity index (χ1) is 15.0. The third kappa shape index (κ3) is 3.84. The van der Waals surface area contributed by atoms with Gasteiger partial charge in [0.1, 0.15) is 30.9 Å². The zero-order valence-corrected chi connectivity index (χ0v) is 16.7. The molecule has 0 atom stereocenters. The minimum atomic E-state index is -0.483. The van der Waals surface area contributed by atoms with E-state index in [1.165, 1.54) is 26.6 Å². The number of imidazole rings is 1. The minimum Gasteiger partial charge on any atom is -0.475 e. The monoisotopic (exact) mass is 424 g/mol. The van der Waals surface area contributed by atoms with Crippen molar-refractivity contribution < 1.29 is 19.1 Å². The van der Waals surface area contributed by atoms with Crippen LogP contribution in [0.2, 0.25) is 0 Å². The van der Waals surface area contributed by atoms with E-state index in [4.69, 9.17) is 15.2 Å². The van der Waals surface area contributed by atoms with Crippen molar-refractivity contribution in [3.05, 3.63) is 59.0 Å². The van der Waals surface area contributed by atoms with Gasteiger partial charge in [-0.3, -0.25) is 18.7 Å². The third-order valence-electron chi connectivity index (χ3n) is 4.75. The molecule has 31 heavy (non-hydrogen) atoms. The largest absolute Gasteiger partial charge is 0.475 e. The molecule has 0 spiro atoms. The van der Waals surface area contributed by atoms with Gasteiger partial charge in [-0.1, -0.05) is 0 Å². The molecule has 1 amide bonds. The highest BCUT2D eigenvalue weighted by Gasteiger charge is 2.28. The second-order valence-corrected chi connectivity index (χ2v) is 6.64. The Morgan fingerprint density at radius 3 is 2.65 bits per heavy atom. The molecule has 160 valence electrons. The summed E-state index contributed by atoms with van der Waals surface area (Å²) < 4.78 is 13.1. The van der Waals surface area contributed by atoms with E-state index in [1.54, 1.807) is 37.4 Å². The molecule has 11 heteroatoms. The number of hydrogen-bond donors (Lipinski definition) is 1. The second kappa shape index (κ2) is 8.30. The molecule has 0 aliphatic carbocycles. The topological polar surface area (TPSA) is 135 Å². The summed E-state index contributed by atoms with van der Waals surface area (Å²) in [4.78, 5) is 46.6. The molecule has 4 rings (SSSR count). The van der Waals surface area contributed by atoms with Gasteiger partial charge in [-0.05, 0) is 31.2 Å². The van der Waals surface area contributed by atoms with E-state index in [9.17, 15) is 14.4 Å². The van der Waals surface area contributed by atoms with Crippen molar-refractivity contribution in [1.82, 2.24) is 19.1 Å². The minimum absolute atomic E-state index is 0.0491. The van der Waals surface area contributed by atoms with Gasteiger partial charge >= 0.3 is 11.7 Å². The lowest BCUT2D eigenvalue weighted by atomic mass is 10.2. The number of aromatic nitrogens is 4. The van der Waals surface area contributed by atoms with E-state index in [0.717, 1.165) is 0 Å². The molecule has 0 bridgehead atoms. The third-order valence-corrected chi connectivity index (χ3v) is 4.75. The molecule has 1 aromatic carbocycles. The summed E-state index contributed by atoms with van der Waals surface area (Å²) in [6.45, 7) is 2.33. The van der Waals surface area contributed by atoms with E-state index in [0.29, 0.717) is 17.9 Å². The molecule has 3 heterocycles. The lowest BCUT2D eigenvalue weighted by molar-refractivity contribution is -0.143. The standard InChI is InChI=1S/C20H20N6O5/c1-2-30-15(27)11-24-7-8-26(20(24)29)14-5-3-13(4-6-14)25-9-10-31-18-16(19(25)28)17(21)22-12-23-18/h3-8,12H,2,9-11H2,1H3,(H2,21,22,23). The predicted octanol–water partition coefficient (Wildman–Crippen LogP) is 0.613. The SMILES string of the molecule is CCOC(=O)Cn1ccn(-c2ccc(N3CCOc4ncnc(N)c4C3=O)cc2)c1=O. The summed E-state index contributed by atoms with van der Waals surface area (Å²) in [5.74, 6) is -0.640. The fourth-order valence-electron chi connectivity index (χ4n) is 3.28. The van der Waals surface area contributed by atoms with Crippen LogP contribution in [0.15, 0.2) is 47.8 Å². The summed E-state index contributed by atoms with van der Waals surface area (Å²) in [5, 5.41) is 0. The van der Waals surface area contributed by atoms with Crippen LogP contribution in [0.4, 0.5) is 11.5 Å². The summed E-state index contributed by atoms with van der Waals surface area (Å²) in [5.41, 5.74) is 6.79. The van der Waals surface area contributed by atoms with E-state index in [-0.39, 0.29) is 48.6 Å². The van der Waals surface area contributed by atoms with E-state index in [2.05, 4.69) is 9.97 Å². The molecule has 1 aliphatic rings. The number of nitrogens with zero attached hydrogens (tertiary/aromatic N) is 5. The van der Waals surface area contributed by atoms with Crippen LogP contribution in [0, 0.1) is 0 Å². The number of nitrogens with two attached hydrogens (primary N) is 1.